The number of methoxy groups -OCH3 is 1. The Balaban J connectivity index is 1.83. The minimum atomic E-state index is -0.213. The van der Waals surface area contributed by atoms with Gasteiger partial charge in [0.05, 0.1) is 29.1 Å². The number of ether oxygens (including phenoxy) is 1. The van der Waals surface area contributed by atoms with Gasteiger partial charge in [0.1, 0.15) is 11.6 Å². The van der Waals surface area contributed by atoms with Gasteiger partial charge in [0.2, 0.25) is 0 Å². The highest BCUT2D eigenvalue weighted by atomic mass is 35.5. The lowest BCUT2D eigenvalue weighted by Crippen LogP contribution is -2.03. The Morgan fingerprint density at radius 2 is 2.00 bits per heavy atom. The highest BCUT2D eigenvalue weighted by Gasteiger charge is 2.12. The topological polar surface area (TPSA) is 77.2 Å². The van der Waals surface area contributed by atoms with E-state index in [0.29, 0.717) is 38.6 Å². The predicted octanol–water partition coefficient (Wildman–Crippen LogP) is 5.62. The number of nitrogens with one attached hydrogen (secondary N) is 1. The minimum absolute atomic E-state index is 0.213. The summed E-state index contributed by atoms with van der Waals surface area (Å²) in [7, 11) is 1.55. The van der Waals surface area contributed by atoms with Crippen molar-refractivity contribution in [3.05, 3.63) is 82.0 Å². The average Bonchev–Trinajstić information content (AvgIpc) is 2.69. The summed E-state index contributed by atoms with van der Waals surface area (Å²) in [6.07, 6.45) is 4.74. The van der Waals surface area contributed by atoms with Gasteiger partial charge < -0.3 is 15.8 Å². The molecule has 5 nitrogen and oxygen atoms in total. The molecule has 1 aromatic heterocycles. The molecule has 0 saturated carbocycles. The molecule has 0 fully saturated rings. The van der Waals surface area contributed by atoms with Crippen LogP contribution < -0.4 is 15.8 Å². The van der Waals surface area contributed by atoms with Gasteiger partial charge in [0.25, 0.3) is 0 Å². The molecule has 28 heavy (non-hydrogen) atoms. The van der Waals surface area contributed by atoms with Gasteiger partial charge in [-0.3, -0.25) is 4.79 Å². The van der Waals surface area contributed by atoms with Crippen molar-refractivity contribution in [2.75, 3.05) is 18.2 Å². The Hall–Kier alpha value is -3.02. The molecule has 0 saturated heterocycles. The first-order valence-corrected chi connectivity index (χ1v) is 9.06. The fraction of sp³-hybridized carbons (Fsp3) is 0.0476. The summed E-state index contributed by atoms with van der Waals surface area (Å²) >= 11 is 12.1. The van der Waals surface area contributed by atoms with Crippen LogP contribution in [0.15, 0.2) is 60.8 Å². The molecule has 0 radical (unpaired) electrons. The molecule has 1 heterocycles. The monoisotopic (exact) mass is 413 g/mol. The standard InChI is InChI=1S/C21H17Cl2N3O2/c1-28-20-9-5-13(11-17(20)24)4-8-19(27)15-3-2-10-25-21(15)26-18-7-6-14(22)12-16(18)23/h2-12H,24H2,1H3,(H,25,26)/b8-4+. The zero-order valence-electron chi connectivity index (χ0n) is 14.9. The predicted molar refractivity (Wildman–Crippen MR) is 115 cm³/mol. The van der Waals surface area contributed by atoms with Crippen molar-refractivity contribution < 1.29 is 9.53 Å². The van der Waals surface area contributed by atoms with E-state index < -0.39 is 0 Å². The van der Waals surface area contributed by atoms with Gasteiger partial charge in [-0.05, 0) is 54.1 Å². The van der Waals surface area contributed by atoms with E-state index in [2.05, 4.69) is 10.3 Å². The molecule has 2 aromatic carbocycles. The lowest BCUT2D eigenvalue weighted by atomic mass is 10.1. The van der Waals surface area contributed by atoms with Gasteiger partial charge in [0.15, 0.2) is 5.78 Å². The lowest BCUT2D eigenvalue weighted by Gasteiger charge is -2.10. The number of aromatic nitrogens is 1. The number of hydrogen-bond acceptors (Lipinski definition) is 5. The number of benzene rings is 2. The van der Waals surface area contributed by atoms with Crippen molar-refractivity contribution in [1.82, 2.24) is 4.98 Å². The van der Waals surface area contributed by atoms with Gasteiger partial charge in [-0.15, -0.1) is 0 Å². The first-order chi connectivity index (χ1) is 13.5. The van der Waals surface area contributed by atoms with Crippen molar-refractivity contribution in [2.24, 2.45) is 0 Å². The Morgan fingerprint density at radius 3 is 2.71 bits per heavy atom. The van der Waals surface area contributed by atoms with Crippen LogP contribution in [-0.2, 0) is 0 Å². The first-order valence-electron chi connectivity index (χ1n) is 8.31. The molecule has 3 N–H and O–H groups in total. The van der Waals surface area contributed by atoms with Gasteiger partial charge >= 0.3 is 0 Å². The number of ketones is 1. The van der Waals surface area contributed by atoms with Gasteiger partial charge in [-0.25, -0.2) is 4.98 Å². The number of anilines is 3. The molecule has 0 bridgehead atoms. The Kier molecular flexibility index (Phi) is 6.19. The molecule has 3 rings (SSSR count). The molecule has 0 aliphatic carbocycles. The number of nitrogens with zero attached hydrogens (tertiary/aromatic N) is 1. The van der Waals surface area contributed by atoms with E-state index in [1.165, 1.54) is 6.08 Å². The third-order valence-electron chi connectivity index (χ3n) is 3.94. The van der Waals surface area contributed by atoms with E-state index in [9.17, 15) is 4.79 Å². The van der Waals surface area contributed by atoms with Crippen molar-refractivity contribution in [2.45, 2.75) is 0 Å². The third-order valence-corrected chi connectivity index (χ3v) is 4.49. The number of rotatable bonds is 6. The molecular formula is C21H17Cl2N3O2. The Morgan fingerprint density at radius 1 is 1.18 bits per heavy atom. The summed E-state index contributed by atoms with van der Waals surface area (Å²) in [6, 6.07) is 13.7. The van der Waals surface area contributed by atoms with Crippen LogP contribution in [-0.4, -0.2) is 17.9 Å². The number of hydrogen-bond donors (Lipinski definition) is 2. The minimum Gasteiger partial charge on any atom is -0.495 e. The van der Waals surface area contributed by atoms with E-state index in [1.54, 1.807) is 61.8 Å². The summed E-state index contributed by atoms with van der Waals surface area (Å²) in [5.74, 6) is 0.771. The van der Waals surface area contributed by atoms with Crippen molar-refractivity contribution in [3.63, 3.8) is 0 Å². The summed E-state index contributed by atoms with van der Waals surface area (Å²) in [5.41, 5.74) is 8.19. The molecule has 0 atom stereocenters. The quantitative estimate of drug-likeness (QED) is 0.311. The Labute approximate surface area is 172 Å². The molecule has 0 aliphatic heterocycles. The van der Waals surface area contributed by atoms with Crippen LogP contribution in [0.4, 0.5) is 17.2 Å². The van der Waals surface area contributed by atoms with Gasteiger partial charge in [-0.1, -0.05) is 35.3 Å². The fourth-order valence-electron chi connectivity index (χ4n) is 2.54. The fourth-order valence-corrected chi connectivity index (χ4v) is 3.00. The summed E-state index contributed by atoms with van der Waals surface area (Å²) in [5, 5.41) is 4.03. The number of nitrogen functional groups attached to an aromatic ring is 1. The normalized spacial score (nSPS) is 10.8. The number of allylic oxidation sites excluding steroid dienone is 1. The van der Waals surface area contributed by atoms with Gasteiger partial charge in [-0.2, -0.15) is 0 Å². The maximum Gasteiger partial charge on any atom is 0.189 e. The summed E-state index contributed by atoms with van der Waals surface area (Å²) in [4.78, 5) is 17.0. The summed E-state index contributed by atoms with van der Waals surface area (Å²) in [6.45, 7) is 0. The maximum atomic E-state index is 12.7. The van der Waals surface area contributed by atoms with Gasteiger partial charge in [0, 0.05) is 11.2 Å². The van der Waals surface area contributed by atoms with Crippen molar-refractivity contribution in [1.29, 1.82) is 0 Å². The smallest absolute Gasteiger partial charge is 0.189 e. The second-order valence-corrected chi connectivity index (χ2v) is 6.69. The lowest BCUT2D eigenvalue weighted by molar-refractivity contribution is 0.104. The van der Waals surface area contributed by atoms with E-state index in [0.717, 1.165) is 5.56 Å². The van der Waals surface area contributed by atoms with Crippen LogP contribution in [0, 0.1) is 0 Å². The zero-order chi connectivity index (χ0) is 20.1. The SMILES string of the molecule is COc1ccc(/C=C/C(=O)c2cccnc2Nc2ccc(Cl)cc2Cl)cc1N. The number of halogens is 2. The van der Waals surface area contributed by atoms with Crippen molar-refractivity contribution >= 4 is 52.3 Å². The molecular weight excluding hydrogens is 397 g/mol. The zero-order valence-corrected chi connectivity index (χ0v) is 16.5. The third kappa shape index (κ3) is 4.63. The molecule has 0 spiro atoms. The number of nitrogens with two attached hydrogens (primary N) is 1. The molecule has 3 aromatic rings. The molecule has 0 unspecified atom stereocenters. The highest BCUT2D eigenvalue weighted by Crippen LogP contribution is 2.29. The average molecular weight is 414 g/mol. The second-order valence-electron chi connectivity index (χ2n) is 5.85. The van der Waals surface area contributed by atoms with Crippen molar-refractivity contribution in [3.8, 4) is 5.75 Å². The van der Waals surface area contributed by atoms with Crippen LogP contribution in [0.1, 0.15) is 15.9 Å². The Bertz CT molecular complexity index is 1050. The first kappa shape index (κ1) is 19.7. The largest absolute Gasteiger partial charge is 0.495 e. The van der Waals surface area contributed by atoms with Crippen LogP contribution in [0.5, 0.6) is 5.75 Å². The van der Waals surface area contributed by atoms with E-state index in [1.807, 2.05) is 6.07 Å². The number of pyridine rings is 1. The number of carbonyl (C=O) groups is 1. The van der Waals surface area contributed by atoms with E-state index >= 15 is 0 Å². The van der Waals surface area contributed by atoms with E-state index in [-0.39, 0.29) is 5.78 Å². The van der Waals surface area contributed by atoms with Crippen LogP contribution in [0.3, 0.4) is 0 Å². The summed E-state index contributed by atoms with van der Waals surface area (Å²) < 4.78 is 5.13. The molecule has 142 valence electrons. The molecule has 0 aliphatic rings. The number of carbonyl (C=O) groups excluding carboxylic acids is 1. The highest BCUT2D eigenvalue weighted by molar-refractivity contribution is 6.36. The molecule has 0 amide bonds. The van der Waals surface area contributed by atoms with Crippen LogP contribution >= 0.6 is 23.2 Å². The van der Waals surface area contributed by atoms with E-state index in [4.69, 9.17) is 33.7 Å². The maximum absolute atomic E-state index is 12.7. The van der Waals surface area contributed by atoms with Crippen LogP contribution in [0.25, 0.3) is 6.08 Å². The molecule has 7 heteroatoms. The van der Waals surface area contributed by atoms with Crippen LogP contribution in [0.2, 0.25) is 10.0 Å². The second kappa shape index (κ2) is 8.78.